The number of amides is 1. The molecular formula is C14H25N3O2. The minimum atomic E-state index is -0.176. The molecule has 19 heavy (non-hydrogen) atoms. The Bertz CT molecular complexity index is 350. The van der Waals surface area contributed by atoms with E-state index in [1.165, 1.54) is 12.8 Å². The second-order valence-electron chi connectivity index (χ2n) is 6.27. The van der Waals surface area contributed by atoms with E-state index in [-0.39, 0.29) is 24.1 Å². The van der Waals surface area contributed by atoms with Crippen LogP contribution in [0.1, 0.15) is 26.2 Å². The van der Waals surface area contributed by atoms with Gasteiger partial charge in [0.25, 0.3) is 0 Å². The number of rotatable bonds is 1. The van der Waals surface area contributed by atoms with Crippen LogP contribution in [0.2, 0.25) is 0 Å². The van der Waals surface area contributed by atoms with Crippen LogP contribution in [0.5, 0.6) is 0 Å². The van der Waals surface area contributed by atoms with Crippen LogP contribution in [-0.2, 0) is 9.53 Å². The number of carbonyl (C=O) groups is 1. The highest BCUT2D eigenvalue weighted by Crippen LogP contribution is 2.35. The summed E-state index contributed by atoms with van der Waals surface area (Å²) in [6, 6.07) is 0.106. The Kier molecular flexibility index (Phi) is 3.78. The summed E-state index contributed by atoms with van der Waals surface area (Å²) < 4.78 is 5.58. The summed E-state index contributed by atoms with van der Waals surface area (Å²) in [7, 11) is 0. The topological polar surface area (TPSA) is 67.6 Å². The fourth-order valence-electron chi connectivity index (χ4n) is 3.90. The molecule has 108 valence electrons. The molecule has 1 aliphatic carbocycles. The zero-order valence-corrected chi connectivity index (χ0v) is 11.7. The molecule has 2 saturated heterocycles. The van der Waals surface area contributed by atoms with E-state index in [1.54, 1.807) is 0 Å². The summed E-state index contributed by atoms with van der Waals surface area (Å²) in [4.78, 5) is 14.6. The minimum Gasteiger partial charge on any atom is -0.375 e. The third-order valence-corrected chi connectivity index (χ3v) is 5.05. The van der Waals surface area contributed by atoms with Crippen molar-refractivity contribution >= 4 is 5.91 Å². The zero-order valence-electron chi connectivity index (χ0n) is 11.7. The number of hydrogen-bond donors (Lipinski definition) is 2. The van der Waals surface area contributed by atoms with Gasteiger partial charge in [0.05, 0.1) is 12.7 Å². The van der Waals surface area contributed by atoms with Gasteiger partial charge in [-0.15, -0.1) is 0 Å². The van der Waals surface area contributed by atoms with Crippen molar-refractivity contribution in [3.8, 4) is 0 Å². The first-order chi connectivity index (χ1) is 9.16. The Hall–Kier alpha value is -0.650. The van der Waals surface area contributed by atoms with Crippen molar-refractivity contribution in [3.63, 3.8) is 0 Å². The van der Waals surface area contributed by atoms with Gasteiger partial charge in [-0.3, -0.25) is 4.79 Å². The summed E-state index contributed by atoms with van der Waals surface area (Å²) in [6.07, 6.45) is 3.53. The van der Waals surface area contributed by atoms with Gasteiger partial charge in [0, 0.05) is 25.7 Å². The van der Waals surface area contributed by atoms with Crippen molar-refractivity contribution in [2.45, 2.75) is 44.4 Å². The van der Waals surface area contributed by atoms with E-state index < -0.39 is 0 Å². The normalized spacial score (nSPS) is 43.1. The Balaban J connectivity index is 1.65. The second kappa shape index (κ2) is 5.38. The lowest BCUT2D eigenvalue weighted by Crippen LogP contribution is -2.56. The number of likely N-dealkylation sites (tertiary alicyclic amines) is 1. The van der Waals surface area contributed by atoms with Crippen LogP contribution in [-0.4, -0.2) is 55.2 Å². The molecule has 0 spiro atoms. The molecule has 5 atom stereocenters. The van der Waals surface area contributed by atoms with Crippen molar-refractivity contribution in [1.82, 2.24) is 10.2 Å². The molecule has 2 aliphatic heterocycles. The Morgan fingerprint density at radius 1 is 1.37 bits per heavy atom. The summed E-state index contributed by atoms with van der Waals surface area (Å²) in [5, 5.41) is 3.29. The van der Waals surface area contributed by atoms with E-state index in [2.05, 4.69) is 5.32 Å². The van der Waals surface area contributed by atoms with Crippen LogP contribution in [0.15, 0.2) is 0 Å². The van der Waals surface area contributed by atoms with E-state index in [4.69, 9.17) is 10.5 Å². The predicted octanol–water partition coefficient (Wildman–Crippen LogP) is -0.0509. The van der Waals surface area contributed by atoms with Gasteiger partial charge in [-0.25, -0.2) is 0 Å². The lowest BCUT2D eigenvalue weighted by Gasteiger charge is -2.32. The molecule has 1 saturated carbocycles. The lowest BCUT2D eigenvalue weighted by atomic mass is 9.78. The van der Waals surface area contributed by atoms with Gasteiger partial charge in [-0.1, -0.05) is 6.42 Å². The molecule has 3 rings (SSSR count). The molecule has 0 radical (unpaired) electrons. The summed E-state index contributed by atoms with van der Waals surface area (Å²) in [5.41, 5.74) is 6.21. The molecule has 5 heteroatoms. The first kappa shape index (κ1) is 13.3. The number of nitrogens with zero attached hydrogens (tertiary/aromatic N) is 1. The highest BCUT2D eigenvalue weighted by atomic mass is 16.5. The van der Waals surface area contributed by atoms with Crippen molar-refractivity contribution < 1.29 is 9.53 Å². The van der Waals surface area contributed by atoms with Crippen LogP contribution in [0, 0.1) is 11.8 Å². The van der Waals surface area contributed by atoms with Crippen LogP contribution in [0.25, 0.3) is 0 Å². The molecule has 3 unspecified atom stereocenters. The molecule has 0 aromatic rings. The third-order valence-electron chi connectivity index (χ3n) is 5.05. The molecule has 3 aliphatic rings. The molecule has 3 fully saturated rings. The van der Waals surface area contributed by atoms with Crippen LogP contribution in [0.3, 0.4) is 0 Å². The van der Waals surface area contributed by atoms with Gasteiger partial charge in [-0.2, -0.15) is 0 Å². The number of morpholine rings is 1. The largest absolute Gasteiger partial charge is 0.375 e. The van der Waals surface area contributed by atoms with E-state index in [0.717, 1.165) is 26.1 Å². The molecule has 3 N–H and O–H groups in total. The van der Waals surface area contributed by atoms with Crippen molar-refractivity contribution in [1.29, 1.82) is 0 Å². The quantitative estimate of drug-likeness (QED) is 0.699. The average Bonchev–Trinajstić information content (AvgIpc) is 2.84. The first-order valence-electron chi connectivity index (χ1n) is 7.56. The van der Waals surface area contributed by atoms with Crippen LogP contribution >= 0.6 is 0 Å². The van der Waals surface area contributed by atoms with Crippen LogP contribution < -0.4 is 11.1 Å². The molecular weight excluding hydrogens is 242 g/mol. The minimum absolute atomic E-state index is 0.0300. The molecule has 0 aromatic heterocycles. The van der Waals surface area contributed by atoms with Crippen molar-refractivity contribution in [2.24, 2.45) is 17.6 Å². The van der Waals surface area contributed by atoms with Gasteiger partial charge in [-0.05, 0) is 31.6 Å². The highest BCUT2D eigenvalue weighted by Gasteiger charge is 2.42. The maximum atomic E-state index is 12.6. The number of carbonyl (C=O) groups excluding carboxylic acids is 1. The highest BCUT2D eigenvalue weighted by molar-refractivity contribution is 5.83. The zero-order chi connectivity index (χ0) is 13.4. The second-order valence-corrected chi connectivity index (χ2v) is 6.27. The van der Waals surface area contributed by atoms with Gasteiger partial charge in [0.15, 0.2) is 0 Å². The smallest absolute Gasteiger partial charge is 0.242 e. The van der Waals surface area contributed by atoms with Gasteiger partial charge < -0.3 is 20.7 Å². The van der Waals surface area contributed by atoms with Crippen molar-refractivity contribution in [2.75, 3.05) is 26.2 Å². The monoisotopic (exact) mass is 267 g/mol. The molecule has 0 bridgehead atoms. The fourth-order valence-corrected chi connectivity index (χ4v) is 3.90. The number of nitrogens with two attached hydrogens (primary N) is 1. The maximum absolute atomic E-state index is 12.6. The van der Waals surface area contributed by atoms with E-state index >= 15 is 0 Å². The molecule has 2 heterocycles. The molecule has 0 aromatic carbocycles. The van der Waals surface area contributed by atoms with Gasteiger partial charge >= 0.3 is 0 Å². The van der Waals surface area contributed by atoms with Crippen LogP contribution in [0.4, 0.5) is 0 Å². The first-order valence-corrected chi connectivity index (χ1v) is 7.56. The number of ether oxygens (including phenoxy) is 1. The standard InChI is InChI=1S/C14H25N3O2/c1-9-13(16-5-6-19-9)14(18)17-7-10-3-2-4-12(15)11(10)8-17/h9-13,16H,2-8,15H2,1H3/t9-,10?,11?,12?,13+/m1/s1. The van der Waals surface area contributed by atoms with E-state index in [9.17, 15) is 4.79 Å². The fraction of sp³-hybridized carbons (Fsp3) is 0.929. The predicted molar refractivity (Wildman–Crippen MR) is 72.6 cm³/mol. The lowest BCUT2D eigenvalue weighted by molar-refractivity contribution is -0.138. The SMILES string of the molecule is C[C@H]1OCCN[C@@H]1C(=O)N1CC2CCCC(N)C2C1. The van der Waals surface area contributed by atoms with Gasteiger partial charge in [0.2, 0.25) is 5.91 Å². The van der Waals surface area contributed by atoms with E-state index in [1.807, 2.05) is 11.8 Å². The summed E-state index contributed by atoms with van der Waals surface area (Å²) >= 11 is 0. The summed E-state index contributed by atoms with van der Waals surface area (Å²) in [6.45, 7) is 5.17. The maximum Gasteiger partial charge on any atom is 0.242 e. The number of hydrogen-bond acceptors (Lipinski definition) is 4. The Morgan fingerprint density at radius 2 is 2.21 bits per heavy atom. The van der Waals surface area contributed by atoms with Crippen molar-refractivity contribution in [3.05, 3.63) is 0 Å². The number of nitrogens with one attached hydrogen (secondary N) is 1. The summed E-state index contributed by atoms with van der Waals surface area (Å²) in [5.74, 6) is 1.33. The Labute approximate surface area is 114 Å². The van der Waals surface area contributed by atoms with E-state index in [0.29, 0.717) is 18.4 Å². The third kappa shape index (κ3) is 2.51. The molecule has 5 nitrogen and oxygen atoms in total. The number of fused-ring (bicyclic) bond motifs is 1. The van der Waals surface area contributed by atoms with Gasteiger partial charge in [0.1, 0.15) is 6.04 Å². The molecule has 1 amide bonds. The average molecular weight is 267 g/mol. The Morgan fingerprint density at radius 3 is 2.95 bits per heavy atom.